The van der Waals surface area contributed by atoms with Gasteiger partial charge in [-0.05, 0) is 24.8 Å². The fraction of sp³-hybridized carbons (Fsp3) is 0.500. The van der Waals surface area contributed by atoms with Gasteiger partial charge in [0.2, 0.25) is 0 Å². The molecule has 1 saturated carbocycles. The van der Waals surface area contributed by atoms with E-state index in [0.717, 1.165) is 12.0 Å². The first-order chi connectivity index (χ1) is 10.1. The van der Waals surface area contributed by atoms with Crippen LogP contribution in [0.4, 0.5) is 4.79 Å². The molecule has 114 valence electrons. The molecule has 5 nitrogen and oxygen atoms in total. The number of nitrogens with one attached hydrogen (secondary N) is 1. The van der Waals surface area contributed by atoms with Crippen LogP contribution in [0.25, 0.3) is 0 Å². The number of hydrogen-bond acceptors (Lipinski definition) is 3. The summed E-state index contributed by atoms with van der Waals surface area (Å²) in [5, 5.41) is 12.2. The van der Waals surface area contributed by atoms with Crippen molar-refractivity contribution in [1.82, 2.24) is 5.32 Å². The molecule has 2 N–H and O–H groups in total. The lowest BCUT2D eigenvalue weighted by molar-refractivity contribution is -0.150. The van der Waals surface area contributed by atoms with Crippen molar-refractivity contribution in [2.75, 3.05) is 0 Å². The zero-order chi connectivity index (χ0) is 15.3. The van der Waals surface area contributed by atoms with Crippen LogP contribution in [0.2, 0.25) is 0 Å². The van der Waals surface area contributed by atoms with Crippen LogP contribution < -0.4 is 5.32 Å². The minimum Gasteiger partial charge on any atom is -0.481 e. The summed E-state index contributed by atoms with van der Waals surface area (Å²) in [5.74, 6) is -0.837. The van der Waals surface area contributed by atoms with Crippen molar-refractivity contribution in [2.24, 2.45) is 5.41 Å². The quantitative estimate of drug-likeness (QED) is 0.874. The maximum Gasteiger partial charge on any atom is 0.407 e. The smallest absolute Gasteiger partial charge is 0.407 e. The Kier molecular flexibility index (Phi) is 4.83. The van der Waals surface area contributed by atoms with Gasteiger partial charge in [0.1, 0.15) is 6.61 Å². The van der Waals surface area contributed by atoms with Crippen LogP contribution in [0.15, 0.2) is 30.3 Å². The van der Waals surface area contributed by atoms with Gasteiger partial charge in [-0.15, -0.1) is 0 Å². The maximum atomic E-state index is 11.9. The topological polar surface area (TPSA) is 75.6 Å². The Labute approximate surface area is 124 Å². The highest BCUT2D eigenvalue weighted by atomic mass is 16.5. The number of alkyl carbamates (subject to hydrolysis) is 1. The Hall–Kier alpha value is -2.04. The number of carbonyl (C=O) groups excluding carboxylic acids is 1. The second-order valence-electron chi connectivity index (χ2n) is 5.47. The molecule has 1 fully saturated rings. The first kappa shape index (κ1) is 15.4. The van der Waals surface area contributed by atoms with Crippen molar-refractivity contribution in [1.29, 1.82) is 0 Å². The first-order valence-electron chi connectivity index (χ1n) is 7.29. The number of carboxylic acids is 1. The molecule has 0 aliphatic heterocycles. The summed E-state index contributed by atoms with van der Waals surface area (Å²) in [4.78, 5) is 23.4. The Bertz CT molecular complexity index is 502. The van der Waals surface area contributed by atoms with Gasteiger partial charge < -0.3 is 15.2 Å². The fourth-order valence-electron chi connectivity index (χ4n) is 3.02. The van der Waals surface area contributed by atoms with Crippen molar-refractivity contribution in [3.63, 3.8) is 0 Å². The van der Waals surface area contributed by atoms with Gasteiger partial charge in [0.05, 0.1) is 5.41 Å². The Balaban J connectivity index is 1.91. The normalized spacial score (nSPS) is 24.5. The van der Waals surface area contributed by atoms with E-state index in [9.17, 15) is 14.7 Å². The largest absolute Gasteiger partial charge is 0.481 e. The zero-order valence-electron chi connectivity index (χ0n) is 12.2. The van der Waals surface area contributed by atoms with Crippen molar-refractivity contribution in [2.45, 2.75) is 45.3 Å². The summed E-state index contributed by atoms with van der Waals surface area (Å²) >= 11 is 0. The molecule has 1 aromatic carbocycles. The van der Waals surface area contributed by atoms with Gasteiger partial charge in [0, 0.05) is 6.04 Å². The lowest BCUT2D eigenvalue weighted by atomic mass is 9.80. The van der Waals surface area contributed by atoms with Crippen molar-refractivity contribution in [3.8, 4) is 0 Å². The Morgan fingerprint density at radius 2 is 2.10 bits per heavy atom. The minimum atomic E-state index is -0.855. The summed E-state index contributed by atoms with van der Waals surface area (Å²) in [6.07, 6.45) is 2.04. The molecular formula is C16H21NO4. The molecule has 2 atom stereocenters. The molecule has 2 rings (SSSR count). The van der Waals surface area contributed by atoms with Gasteiger partial charge in [0.25, 0.3) is 0 Å². The van der Waals surface area contributed by atoms with Gasteiger partial charge in [-0.25, -0.2) is 4.79 Å². The number of rotatable bonds is 5. The van der Waals surface area contributed by atoms with Crippen LogP contribution in [0.5, 0.6) is 0 Å². The average molecular weight is 291 g/mol. The predicted molar refractivity (Wildman–Crippen MR) is 77.8 cm³/mol. The Morgan fingerprint density at radius 1 is 1.38 bits per heavy atom. The van der Waals surface area contributed by atoms with Gasteiger partial charge in [-0.2, -0.15) is 0 Å². The lowest BCUT2D eigenvalue weighted by Crippen LogP contribution is -2.48. The van der Waals surface area contributed by atoms with Crippen LogP contribution in [-0.2, 0) is 16.1 Å². The summed E-state index contributed by atoms with van der Waals surface area (Å²) in [6.45, 7) is 2.04. The predicted octanol–water partition coefficient (Wildman–Crippen LogP) is 2.95. The van der Waals surface area contributed by atoms with E-state index in [-0.39, 0.29) is 12.6 Å². The van der Waals surface area contributed by atoms with Gasteiger partial charge in [-0.3, -0.25) is 4.79 Å². The van der Waals surface area contributed by atoms with E-state index >= 15 is 0 Å². The molecule has 1 aliphatic rings. The SMILES string of the molecule is CCC1(C(=O)O)CCCC1NC(=O)OCc1ccccc1. The highest BCUT2D eigenvalue weighted by molar-refractivity contribution is 5.78. The monoisotopic (exact) mass is 291 g/mol. The number of ether oxygens (including phenoxy) is 1. The van der Waals surface area contributed by atoms with E-state index in [1.807, 2.05) is 37.3 Å². The molecule has 0 spiro atoms. The van der Waals surface area contributed by atoms with Crippen molar-refractivity contribution in [3.05, 3.63) is 35.9 Å². The van der Waals surface area contributed by atoms with Gasteiger partial charge >= 0.3 is 12.1 Å². The molecule has 0 radical (unpaired) electrons. The molecular weight excluding hydrogens is 270 g/mol. The highest BCUT2D eigenvalue weighted by Gasteiger charge is 2.48. The summed E-state index contributed by atoms with van der Waals surface area (Å²) in [5.41, 5.74) is 0.0465. The number of benzene rings is 1. The molecule has 2 unspecified atom stereocenters. The van der Waals surface area contributed by atoms with Crippen LogP contribution in [0, 0.1) is 5.41 Å². The zero-order valence-corrected chi connectivity index (χ0v) is 12.2. The van der Waals surface area contributed by atoms with Crippen LogP contribution in [0.3, 0.4) is 0 Å². The van der Waals surface area contributed by atoms with Gasteiger partial charge in [-0.1, -0.05) is 43.7 Å². The first-order valence-corrected chi connectivity index (χ1v) is 7.29. The lowest BCUT2D eigenvalue weighted by Gasteiger charge is -2.30. The third-order valence-corrected chi connectivity index (χ3v) is 4.34. The van der Waals surface area contributed by atoms with E-state index in [1.54, 1.807) is 0 Å². The number of aliphatic carboxylic acids is 1. The second-order valence-corrected chi connectivity index (χ2v) is 5.47. The second kappa shape index (κ2) is 6.61. The van der Waals surface area contributed by atoms with E-state index in [4.69, 9.17) is 4.74 Å². The molecule has 0 aromatic heterocycles. The van der Waals surface area contributed by atoms with E-state index in [2.05, 4.69) is 5.32 Å². The van der Waals surface area contributed by atoms with Gasteiger partial charge in [0.15, 0.2) is 0 Å². The third kappa shape index (κ3) is 3.35. The van der Waals surface area contributed by atoms with Crippen LogP contribution in [0.1, 0.15) is 38.2 Å². The number of hydrogen-bond donors (Lipinski definition) is 2. The van der Waals surface area contributed by atoms with E-state index in [0.29, 0.717) is 19.3 Å². The highest BCUT2D eigenvalue weighted by Crippen LogP contribution is 2.41. The fourth-order valence-corrected chi connectivity index (χ4v) is 3.02. The number of carboxylic acid groups (broad SMARTS) is 1. The molecule has 1 aliphatic carbocycles. The minimum absolute atomic E-state index is 0.186. The standard InChI is InChI=1S/C16H21NO4/c1-2-16(14(18)19)10-6-9-13(16)17-15(20)21-11-12-7-4-3-5-8-12/h3-5,7-8,13H,2,6,9-11H2,1H3,(H,17,20)(H,18,19). The van der Waals surface area contributed by atoms with E-state index < -0.39 is 17.5 Å². The number of amides is 1. The van der Waals surface area contributed by atoms with Crippen molar-refractivity contribution >= 4 is 12.1 Å². The third-order valence-electron chi connectivity index (χ3n) is 4.34. The summed E-state index contributed by atoms with van der Waals surface area (Å²) < 4.78 is 5.16. The van der Waals surface area contributed by atoms with Crippen molar-refractivity contribution < 1.29 is 19.4 Å². The van der Waals surface area contributed by atoms with E-state index in [1.165, 1.54) is 0 Å². The van der Waals surface area contributed by atoms with Crippen LogP contribution >= 0.6 is 0 Å². The molecule has 1 aromatic rings. The summed E-state index contributed by atoms with van der Waals surface area (Å²) in [6, 6.07) is 9.03. The molecule has 0 heterocycles. The molecule has 5 heteroatoms. The average Bonchev–Trinajstić information content (AvgIpc) is 2.90. The summed E-state index contributed by atoms with van der Waals surface area (Å²) in [7, 11) is 0. The molecule has 21 heavy (non-hydrogen) atoms. The molecule has 0 bridgehead atoms. The number of carbonyl (C=O) groups is 2. The molecule has 0 saturated heterocycles. The maximum absolute atomic E-state index is 11.9. The Morgan fingerprint density at radius 3 is 2.71 bits per heavy atom. The van der Waals surface area contributed by atoms with Crippen LogP contribution in [-0.4, -0.2) is 23.2 Å². The molecule has 1 amide bonds.